The van der Waals surface area contributed by atoms with Crippen molar-refractivity contribution in [1.29, 1.82) is 0 Å². The zero-order valence-electron chi connectivity index (χ0n) is 9.75. The third-order valence-electron chi connectivity index (χ3n) is 3.00. The Morgan fingerprint density at radius 2 is 1.93 bits per heavy atom. The molecular weight excluding hydrogens is 186 g/mol. The molecule has 2 rings (SSSR count). The van der Waals surface area contributed by atoms with Gasteiger partial charge in [0, 0.05) is 17.4 Å². The zero-order chi connectivity index (χ0) is 11.1. The highest BCUT2D eigenvalue weighted by molar-refractivity contribution is 5.33. The number of nitrogen functional groups attached to an aromatic ring is 1. The number of rotatable bonds is 1. The first kappa shape index (κ1) is 10.4. The Morgan fingerprint density at radius 3 is 2.40 bits per heavy atom. The number of anilines is 1. The molecule has 1 aromatic rings. The van der Waals surface area contributed by atoms with Crippen molar-refractivity contribution in [1.82, 2.24) is 9.97 Å². The van der Waals surface area contributed by atoms with Gasteiger partial charge in [0.15, 0.2) is 0 Å². The van der Waals surface area contributed by atoms with Gasteiger partial charge in [0.25, 0.3) is 0 Å². The molecule has 0 aromatic carbocycles. The summed E-state index contributed by atoms with van der Waals surface area (Å²) in [6.07, 6.45) is 3.73. The Morgan fingerprint density at radius 1 is 1.27 bits per heavy atom. The first-order chi connectivity index (χ1) is 6.97. The summed E-state index contributed by atoms with van der Waals surface area (Å²) in [5.74, 6) is 2.11. The molecule has 1 aliphatic rings. The van der Waals surface area contributed by atoms with Crippen LogP contribution in [0, 0.1) is 0 Å². The van der Waals surface area contributed by atoms with E-state index in [4.69, 9.17) is 5.73 Å². The van der Waals surface area contributed by atoms with E-state index in [1.807, 2.05) is 6.07 Å². The first-order valence-electron chi connectivity index (χ1n) is 5.62. The summed E-state index contributed by atoms with van der Waals surface area (Å²) < 4.78 is 0. The Labute approximate surface area is 91.1 Å². The molecule has 1 aromatic heterocycles. The lowest BCUT2D eigenvalue weighted by Crippen LogP contribution is -2.20. The number of nitrogens with two attached hydrogens (primary N) is 1. The molecule has 1 aliphatic carbocycles. The maximum atomic E-state index is 5.82. The second-order valence-electron chi connectivity index (χ2n) is 5.41. The van der Waals surface area contributed by atoms with Gasteiger partial charge >= 0.3 is 0 Å². The molecule has 0 bridgehead atoms. The highest BCUT2D eigenvalue weighted by Crippen LogP contribution is 2.35. The van der Waals surface area contributed by atoms with Crippen LogP contribution in [-0.4, -0.2) is 9.97 Å². The smallest absolute Gasteiger partial charge is 0.134 e. The summed E-state index contributed by atoms with van der Waals surface area (Å²) in [7, 11) is 0. The zero-order valence-corrected chi connectivity index (χ0v) is 9.75. The number of hydrogen-bond acceptors (Lipinski definition) is 3. The van der Waals surface area contributed by atoms with Gasteiger partial charge in [-0.1, -0.05) is 27.2 Å². The fourth-order valence-corrected chi connectivity index (χ4v) is 1.72. The lowest BCUT2D eigenvalue weighted by molar-refractivity contribution is 0.398. The molecule has 0 atom stereocenters. The fourth-order valence-electron chi connectivity index (χ4n) is 1.72. The van der Waals surface area contributed by atoms with E-state index in [1.54, 1.807) is 0 Å². The van der Waals surface area contributed by atoms with Gasteiger partial charge in [-0.2, -0.15) is 0 Å². The van der Waals surface area contributed by atoms with Crippen LogP contribution < -0.4 is 5.73 Å². The van der Waals surface area contributed by atoms with Crippen molar-refractivity contribution in [2.45, 2.75) is 51.4 Å². The largest absolute Gasteiger partial charge is 0.384 e. The molecule has 2 N–H and O–H groups in total. The van der Waals surface area contributed by atoms with Crippen molar-refractivity contribution in [3.8, 4) is 0 Å². The van der Waals surface area contributed by atoms with Gasteiger partial charge in [-0.25, -0.2) is 9.97 Å². The van der Waals surface area contributed by atoms with Crippen molar-refractivity contribution in [3.05, 3.63) is 17.6 Å². The lowest BCUT2D eigenvalue weighted by atomic mass is 9.84. The third-order valence-corrected chi connectivity index (χ3v) is 3.00. The van der Waals surface area contributed by atoms with Gasteiger partial charge in [0.05, 0.1) is 5.69 Å². The first-order valence-corrected chi connectivity index (χ1v) is 5.62. The Balaban J connectivity index is 2.36. The molecule has 0 aliphatic heterocycles. The van der Waals surface area contributed by atoms with Gasteiger partial charge in [0.1, 0.15) is 11.6 Å². The van der Waals surface area contributed by atoms with Crippen LogP contribution in [0.5, 0.6) is 0 Å². The van der Waals surface area contributed by atoms with Gasteiger partial charge in [0.2, 0.25) is 0 Å². The summed E-state index contributed by atoms with van der Waals surface area (Å²) in [6, 6.07) is 1.89. The van der Waals surface area contributed by atoms with E-state index in [0.29, 0.717) is 11.7 Å². The van der Waals surface area contributed by atoms with Crippen LogP contribution in [0.15, 0.2) is 6.07 Å². The van der Waals surface area contributed by atoms with E-state index < -0.39 is 0 Å². The van der Waals surface area contributed by atoms with Crippen molar-refractivity contribution in [3.63, 3.8) is 0 Å². The van der Waals surface area contributed by atoms with Crippen LogP contribution in [0.2, 0.25) is 0 Å². The van der Waals surface area contributed by atoms with Crippen molar-refractivity contribution >= 4 is 5.82 Å². The molecule has 0 saturated heterocycles. The number of nitrogens with zero attached hydrogens (tertiary/aromatic N) is 2. The maximum absolute atomic E-state index is 5.82. The summed E-state index contributed by atoms with van der Waals surface area (Å²) in [6.45, 7) is 6.46. The van der Waals surface area contributed by atoms with E-state index in [2.05, 4.69) is 30.7 Å². The molecule has 0 radical (unpaired) electrons. The maximum Gasteiger partial charge on any atom is 0.134 e. The number of aromatic nitrogens is 2. The van der Waals surface area contributed by atoms with E-state index in [-0.39, 0.29) is 5.41 Å². The average molecular weight is 205 g/mol. The predicted molar refractivity (Wildman–Crippen MR) is 61.7 cm³/mol. The van der Waals surface area contributed by atoms with E-state index in [1.165, 1.54) is 19.3 Å². The minimum Gasteiger partial charge on any atom is -0.384 e. The molecule has 1 heterocycles. The van der Waals surface area contributed by atoms with Gasteiger partial charge in [-0.15, -0.1) is 0 Å². The van der Waals surface area contributed by atoms with Crippen molar-refractivity contribution < 1.29 is 0 Å². The normalized spacial score (nSPS) is 17.5. The van der Waals surface area contributed by atoms with Crippen LogP contribution in [0.1, 0.15) is 57.5 Å². The monoisotopic (exact) mass is 205 g/mol. The van der Waals surface area contributed by atoms with Crippen LogP contribution >= 0.6 is 0 Å². The molecule has 1 saturated carbocycles. The molecular formula is C12H19N3. The Hall–Kier alpha value is -1.12. The summed E-state index contributed by atoms with van der Waals surface area (Å²) in [5.41, 5.74) is 6.93. The standard InChI is InChI=1S/C12H19N3/c1-12(2,3)9-7-10(13)15-11(14-9)8-5-4-6-8/h7-8H,4-6H2,1-3H3,(H2,13,14,15). The minimum atomic E-state index is 0.0511. The van der Waals surface area contributed by atoms with Gasteiger partial charge < -0.3 is 5.73 Å². The van der Waals surface area contributed by atoms with E-state index in [9.17, 15) is 0 Å². The van der Waals surface area contributed by atoms with Gasteiger partial charge in [-0.05, 0) is 12.8 Å². The lowest BCUT2D eigenvalue weighted by Gasteiger charge is -2.26. The molecule has 3 nitrogen and oxygen atoms in total. The second kappa shape index (κ2) is 3.47. The fraction of sp³-hybridized carbons (Fsp3) is 0.667. The quantitative estimate of drug-likeness (QED) is 0.766. The van der Waals surface area contributed by atoms with E-state index >= 15 is 0 Å². The van der Waals surface area contributed by atoms with Gasteiger partial charge in [-0.3, -0.25) is 0 Å². The number of hydrogen-bond donors (Lipinski definition) is 1. The molecule has 1 fully saturated rings. The molecule has 0 amide bonds. The van der Waals surface area contributed by atoms with Crippen molar-refractivity contribution in [2.24, 2.45) is 0 Å². The molecule has 0 spiro atoms. The summed E-state index contributed by atoms with van der Waals surface area (Å²) in [4.78, 5) is 8.97. The molecule has 0 unspecified atom stereocenters. The van der Waals surface area contributed by atoms with Crippen LogP contribution in [-0.2, 0) is 5.41 Å². The topological polar surface area (TPSA) is 51.8 Å². The van der Waals surface area contributed by atoms with Crippen LogP contribution in [0.3, 0.4) is 0 Å². The highest BCUT2D eigenvalue weighted by atomic mass is 15.0. The van der Waals surface area contributed by atoms with Crippen molar-refractivity contribution in [2.75, 3.05) is 5.73 Å². The highest BCUT2D eigenvalue weighted by Gasteiger charge is 2.25. The third kappa shape index (κ3) is 2.11. The Kier molecular flexibility index (Phi) is 2.41. The molecule has 15 heavy (non-hydrogen) atoms. The molecule has 82 valence electrons. The van der Waals surface area contributed by atoms with Crippen LogP contribution in [0.25, 0.3) is 0 Å². The predicted octanol–water partition coefficient (Wildman–Crippen LogP) is 2.62. The average Bonchev–Trinajstić information content (AvgIpc) is 1.97. The summed E-state index contributed by atoms with van der Waals surface area (Å²) in [5, 5.41) is 0. The Bertz CT molecular complexity index is 362. The minimum absolute atomic E-state index is 0.0511. The van der Waals surface area contributed by atoms with Crippen LogP contribution in [0.4, 0.5) is 5.82 Å². The summed E-state index contributed by atoms with van der Waals surface area (Å²) >= 11 is 0. The molecule has 3 heteroatoms. The second-order valence-corrected chi connectivity index (χ2v) is 5.41. The SMILES string of the molecule is CC(C)(C)c1cc(N)nc(C2CCC2)n1. The van der Waals surface area contributed by atoms with E-state index in [0.717, 1.165) is 11.5 Å².